The standard InChI is InChI=1S/C15H20FNO.CH4/c1-3-5-7-11(4-2)12-10-17-13-8-6-9-14(18-16)15(12)13;/h6,8-11,17H,3-5,7H2,1-2H3;1H4. The van der Waals surface area contributed by atoms with Gasteiger partial charge in [-0.15, -0.1) is 0 Å². The molecule has 2 rings (SSSR count). The summed E-state index contributed by atoms with van der Waals surface area (Å²) in [7, 11) is 0. The Morgan fingerprint density at radius 2 is 2.11 bits per heavy atom. The number of H-pyrrole nitrogens is 1. The van der Waals surface area contributed by atoms with E-state index in [-0.39, 0.29) is 7.43 Å². The number of hydrogen-bond acceptors (Lipinski definition) is 1. The number of fused-ring (bicyclic) bond motifs is 1. The van der Waals surface area contributed by atoms with Crippen LogP contribution in [-0.4, -0.2) is 4.98 Å². The van der Waals surface area contributed by atoms with E-state index in [4.69, 9.17) is 0 Å². The maximum atomic E-state index is 12.6. The highest BCUT2D eigenvalue weighted by atomic mass is 19.3. The highest BCUT2D eigenvalue weighted by Gasteiger charge is 2.17. The Hall–Kier alpha value is -1.51. The van der Waals surface area contributed by atoms with Gasteiger partial charge in [0.1, 0.15) is 0 Å². The molecule has 1 unspecified atom stereocenters. The SMILES string of the molecule is C.CCCCC(CC)c1c[nH]c2cccc(OF)c12. The van der Waals surface area contributed by atoms with Crippen LogP contribution in [0.3, 0.4) is 0 Å². The normalized spacial score (nSPS) is 12.2. The molecular weight excluding hydrogens is 241 g/mol. The average molecular weight is 265 g/mol. The first-order chi connectivity index (χ1) is 8.81. The molecule has 2 aromatic rings. The van der Waals surface area contributed by atoms with Crippen molar-refractivity contribution in [2.75, 3.05) is 0 Å². The van der Waals surface area contributed by atoms with Crippen molar-refractivity contribution < 1.29 is 9.47 Å². The third-order valence-electron chi connectivity index (χ3n) is 3.62. The highest BCUT2D eigenvalue weighted by Crippen LogP contribution is 2.36. The van der Waals surface area contributed by atoms with Crippen LogP contribution in [0.25, 0.3) is 10.9 Å². The lowest BCUT2D eigenvalue weighted by molar-refractivity contribution is -0.00429. The number of benzene rings is 1. The molecule has 1 atom stereocenters. The third kappa shape index (κ3) is 3.09. The van der Waals surface area contributed by atoms with E-state index in [0.717, 1.165) is 23.7 Å². The number of halogens is 1. The summed E-state index contributed by atoms with van der Waals surface area (Å²) in [5, 5.41) is 0.892. The van der Waals surface area contributed by atoms with Gasteiger partial charge in [-0.1, -0.05) is 40.2 Å². The van der Waals surface area contributed by atoms with Crippen LogP contribution >= 0.6 is 0 Å². The molecule has 106 valence electrons. The number of hydrogen-bond donors (Lipinski definition) is 1. The van der Waals surface area contributed by atoms with Crippen LogP contribution in [0.2, 0.25) is 0 Å². The Morgan fingerprint density at radius 1 is 1.32 bits per heavy atom. The van der Waals surface area contributed by atoms with Gasteiger partial charge < -0.3 is 4.98 Å². The van der Waals surface area contributed by atoms with Crippen LogP contribution in [0.15, 0.2) is 24.4 Å². The minimum absolute atomic E-state index is 0. The number of aromatic amines is 1. The van der Waals surface area contributed by atoms with Gasteiger partial charge >= 0.3 is 0 Å². The minimum atomic E-state index is 0. The molecule has 0 spiro atoms. The van der Waals surface area contributed by atoms with E-state index in [9.17, 15) is 4.53 Å². The number of nitrogens with one attached hydrogen (secondary N) is 1. The molecule has 0 aliphatic heterocycles. The molecule has 0 amide bonds. The van der Waals surface area contributed by atoms with Crippen molar-refractivity contribution >= 4 is 10.9 Å². The summed E-state index contributed by atoms with van der Waals surface area (Å²) in [5.74, 6) is 0.786. The van der Waals surface area contributed by atoms with Crippen LogP contribution in [-0.2, 0) is 0 Å². The molecule has 0 radical (unpaired) electrons. The zero-order valence-corrected chi connectivity index (χ0v) is 11.0. The van der Waals surface area contributed by atoms with Crippen molar-refractivity contribution in [1.29, 1.82) is 0 Å². The lowest BCUT2D eigenvalue weighted by Crippen LogP contribution is -1.96. The Labute approximate surface area is 114 Å². The molecule has 0 aliphatic rings. The summed E-state index contributed by atoms with van der Waals surface area (Å²) in [5.41, 5.74) is 2.12. The summed E-state index contributed by atoms with van der Waals surface area (Å²) in [6.45, 7) is 4.37. The fourth-order valence-corrected chi connectivity index (χ4v) is 2.59. The van der Waals surface area contributed by atoms with Crippen LogP contribution < -0.4 is 4.94 Å². The minimum Gasteiger partial charge on any atom is -0.361 e. The van der Waals surface area contributed by atoms with E-state index in [1.165, 1.54) is 18.4 Å². The Bertz CT molecular complexity index is 506. The Balaban J connectivity index is 0.00000180. The smallest absolute Gasteiger partial charge is 0.181 e. The molecule has 3 heteroatoms. The number of unbranched alkanes of at least 4 members (excludes halogenated alkanes) is 1. The molecule has 0 saturated carbocycles. The molecule has 0 bridgehead atoms. The quantitative estimate of drug-likeness (QED) is 0.706. The van der Waals surface area contributed by atoms with Gasteiger partial charge in [0.2, 0.25) is 0 Å². The zero-order valence-electron chi connectivity index (χ0n) is 11.0. The molecule has 1 N–H and O–H groups in total. The highest BCUT2D eigenvalue weighted by molar-refractivity contribution is 5.89. The molecule has 0 saturated heterocycles. The summed E-state index contributed by atoms with van der Waals surface area (Å²) in [6.07, 6.45) is 6.58. The largest absolute Gasteiger partial charge is 0.361 e. The Kier molecular flexibility index (Phi) is 5.87. The van der Waals surface area contributed by atoms with E-state index in [1.807, 2.05) is 12.3 Å². The van der Waals surface area contributed by atoms with Crippen LogP contribution in [0.4, 0.5) is 4.53 Å². The molecule has 1 aromatic carbocycles. The van der Waals surface area contributed by atoms with Gasteiger partial charge in [0.05, 0.1) is 0 Å². The van der Waals surface area contributed by atoms with E-state index in [2.05, 4.69) is 23.8 Å². The van der Waals surface area contributed by atoms with E-state index >= 15 is 0 Å². The van der Waals surface area contributed by atoms with Crippen LogP contribution in [0.5, 0.6) is 5.75 Å². The topological polar surface area (TPSA) is 25.0 Å². The van der Waals surface area contributed by atoms with Crippen molar-refractivity contribution in [3.8, 4) is 5.75 Å². The second kappa shape index (κ2) is 7.17. The maximum absolute atomic E-state index is 12.6. The first-order valence-electron chi connectivity index (χ1n) is 6.70. The first kappa shape index (κ1) is 15.5. The van der Waals surface area contributed by atoms with E-state index in [1.54, 1.807) is 12.1 Å². The summed E-state index contributed by atoms with van der Waals surface area (Å²) in [4.78, 5) is 7.21. The monoisotopic (exact) mass is 265 g/mol. The van der Waals surface area contributed by atoms with Gasteiger partial charge in [0.25, 0.3) is 0 Å². The third-order valence-corrected chi connectivity index (χ3v) is 3.62. The van der Waals surface area contributed by atoms with E-state index in [0.29, 0.717) is 11.7 Å². The molecule has 0 fully saturated rings. The van der Waals surface area contributed by atoms with Gasteiger partial charge in [-0.3, -0.25) is 4.94 Å². The molecule has 2 nitrogen and oxygen atoms in total. The summed E-state index contributed by atoms with van der Waals surface area (Å²) >= 11 is 0. The molecule has 0 aliphatic carbocycles. The van der Waals surface area contributed by atoms with Crippen molar-refractivity contribution in [3.05, 3.63) is 30.0 Å². The average Bonchev–Trinajstić information content (AvgIpc) is 2.84. The molecule has 1 heterocycles. The summed E-state index contributed by atoms with van der Waals surface area (Å²) in [6, 6.07) is 5.42. The number of rotatable bonds is 6. The predicted octanol–water partition coefficient (Wildman–Crippen LogP) is 5.75. The maximum Gasteiger partial charge on any atom is 0.181 e. The van der Waals surface area contributed by atoms with Gasteiger partial charge in [-0.25, -0.2) is 0 Å². The Morgan fingerprint density at radius 3 is 2.74 bits per heavy atom. The van der Waals surface area contributed by atoms with Crippen molar-refractivity contribution in [2.24, 2.45) is 0 Å². The van der Waals surface area contributed by atoms with E-state index < -0.39 is 0 Å². The predicted molar refractivity (Wildman–Crippen MR) is 79.3 cm³/mol. The van der Waals surface area contributed by atoms with Gasteiger partial charge in [0, 0.05) is 21.6 Å². The lowest BCUT2D eigenvalue weighted by Gasteiger charge is -2.14. The van der Waals surface area contributed by atoms with Crippen molar-refractivity contribution in [1.82, 2.24) is 4.98 Å². The second-order valence-electron chi connectivity index (χ2n) is 4.75. The first-order valence-corrected chi connectivity index (χ1v) is 6.70. The van der Waals surface area contributed by atoms with Gasteiger partial charge in [-0.05, 0) is 36.5 Å². The second-order valence-corrected chi connectivity index (χ2v) is 4.75. The number of aromatic nitrogens is 1. The molecular formula is C16H24FNO. The lowest BCUT2D eigenvalue weighted by atomic mass is 9.91. The zero-order chi connectivity index (χ0) is 13.0. The molecule has 19 heavy (non-hydrogen) atoms. The molecule has 1 aromatic heterocycles. The van der Waals surface area contributed by atoms with Crippen LogP contribution in [0, 0.1) is 0 Å². The van der Waals surface area contributed by atoms with Crippen molar-refractivity contribution in [2.45, 2.75) is 52.9 Å². The van der Waals surface area contributed by atoms with Gasteiger partial charge in [0.15, 0.2) is 5.75 Å². The van der Waals surface area contributed by atoms with Crippen molar-refractivity contribution in [3.63, 3.8) is 0 Å². The summed E-state index contributed by atoms with van der Waals surface area (Å²) < 4.78 is 12.6. The van der Waals surface area contributed by atoms with Gasteiger partial charge in [-0.2, -0.15) is 0 Å². The fourth-order valence-electron chi connectivity index (χ4n) is 2.59. The fraction of sp³-hybridized carbons (Fsp3) is 0.500. The van der Waals surface area contributed by atoms with Crippen LogP contribution in [0.1, 0.15) is 58.4 Å².